The molecule has 2 aromatic rings. The molecule has 0 saturated heterocycles. The van der Waals surface area contributed by atoms with E-state index in [0.29, 0.717) is 11.2 Å². The number of nitrogen functional groups attached to an aromatic ring is 1. The third-order valence-electron chi connectivity index (χ3n) is 1.23. The molecule has 0 fully saturated rings. The summed E-state index contributed by atoms with van der Waals surface area (Å²) in [7, 11) is 0. The third-order valence-corrected chi connectivity index (χ3v) is 1.66. The first kappa shape index (κ1) is 6.60. The van der Waals surface area contributed by atoms with Gasteiger partial charge >= 0.3 is 0 Å². The lowest BCUT2D eigenvalue weighted by molar-refractivity contribution is 0.626. The summed E-state index contributed by atoms with van der Waals surface area (Å²) in [6.07, 6.45) is 1.64. The fourth-order valence-corrected chi connectivity index (χ4v) is 1.12. The number of anilines is 1. The van der Waals surface area contributed by atoms with Crippen molar-refractivity contribution in [2.24, 2.45) is 0 Å². The Kier molecular flexibility index (Phi) is 1.32. The molecular weight excluding hydrogens is 210 g/mol. The highest BCUT2D eigenvalue weighted by Crippen LogP contribution is 2.18. The first-order valence-corrected chi connectivity index (χ1v) is 3.72. The Morgan fingerprint density at radius 1 is 1.55 bits per heavy atom. The smallest absolute Gasteiger partial charge is 0.294 e. The van der Waals surface area contributed by atoms with Gasteiger partial charge in [0.25, 0.3) is 6.01 Å². The van der Waals surface area contributed by atoms with Gasteiger partial charge in [0.05, 0.1) is 0 Å². The molecule has 0 bridgehead atoms. The van der Waals surface area contributed by atoms with Crippen LogP contribution in [-0.4, -0.2) is 9.97 Å². The van der Waals surface area contributed by atoms with Crippen molar-refractivity contribution in [3.05, 3.63) is 16.7 Å². The number of hydrogen-bond donors (Lipinski definition) is 1. The van der Waals surface area contributed by atoms with Crippen LogP contribution in [0.5, 0.6) is 0 Å². The lowest BCUT2D eigenvalue weighted by Gasteiger charge is -1.85. The largest absolute Gasteiger partial charge is 0.422 e. The van der Waals surface area contributed by atoms with Gasteiger partial charge in [0, 0.05) is 16.7 Å². The van der Waals surface area contributed by atoms with Crippen molar-refractivity contribution < 1.29 is 4.42 Å². The number of nitrogens with zero attached hydrogens (tertiary/aromatic N) is 2. The van der Waals surface area contributed by atoms with Crippen LogP contribution in [0.15, 0.2) is 21.2 Å². The molecule has 0 radical (unpaired) electrons. The van der Waals surface area contributed by atoms with Crippen LogP contribution < -0.4 is 5.73 Å². The van der Waals surface area contributed by atoms with Gasteiger partial charge in [-0.15, -0.1) is 0 Å². The van der Waals surface area contributed by atoms with Gasteiger partial charge in [-0.25, -0.2) is 4.98 Å². The first-order chi connectivity index (χ1) is 5.25. The molecule has 0 saturated carbocycles. The van der Waals surface area contributed by atoms with E-state index >= 15 is 0 Å². The second-order valence-electron chi connectivity index (χ2n) is 2.03. The van der Waals surface area contributed by atoms with E-state index in [1.54, 1.807) is 12.3 Å². The minimum Gasteiger partial charge on any atom is -0.422 e. The zero-order valence-electron chi connectivity index (χ0n) is 5.41. The average Bonchev–Trinajstić information content (AvgIpc) is 2.27. The first-order valence-electron chi connectivity index (χ1n) is 2.93. The molecule has 2 rings (SSSR count). The maximum absolute atomic E-state index is 5.31. The molecule has 0 aliphatic rings. The molecule has 0 amide bonds. The molecule has 0 atom stereocenters. The Labute approximate surface area is 70.6 Å². The number of hydrogen-bond acceptors (Lipinski definition) is 4. The summed E-state index contributed by atoms with van der Waals surface area (Å²) in [6, 6.07) is 1.91. The van der Waals surface area contributed by atoms with E-state index in [-0.39, 0.29) is 6.01 Å². The standard InChI is InChI=1S/C6H4BrN3O/c7-3-1-4-5(9-2-3)10-6(8)11-4/h1-2H,(H2,8,9,10). The Morgan fingerprint density at radius 3 is 3.18 bits per heavy atom. The van der Waals surface area contributed by atoms with Crippen molar-refractivity contribution in [3.8, 4) is 0 Å². The van der Waals surface area contributed by atoms with Crippen LogP contribution >= 0.6 is 15.9 Å². The molecule has 56 valence electrons. The second kappa shape index (κ2) is 2.20. The van der Waals surface area contributed by atoms with E-state index in [1.807, 2.05) is 0 Å². The van der Waals surface area contributed by atoms with Crippen molar-refractivity contribution in [2.45, 2.75) is 0 Å². The summed E-state index contributed by atoms with van der Waals surface area (Å²) in [4.78, 5) is 7.80. The lowest BCUT2D eigenvalue weighted by atomic mass is 10.5. The van der Waals surface area contributed by atoms with Gasteiger partial charge in [-0.2, -0.15) is 4.98 Å². The molecule has 0 aliphatic heterocycles. The van der Waals surface area contributed by atoms with Gasteiger partial charge in [0.1, 0.15) is 0 Å². The number of aromatic nitrogens is 2. The number of oxazole rings is 1. The van der Waals surface area contributed by atoms with Crippen LogP contribution in [0.25, 0.3) is 11.2 Å². The number of rotatable bonds is 0. The SMILES string of the molecule is Nc1nc2ncc(Br)cc2o1. The third kappa shape index (κ3) is 1.07. The van der Waals surface area contributed by atoms with Crippen LogP contribution in [0.2, 0.25) is 0 Å². The molecular formula is C6H4BrN3O. The summed E-state index contributed by atoms with van der Waals surface area (Å²) >= 11 is 3.25. The van der Waals surface area contributed by atoms with Crippen molar-refractivity contribution in [1.82, 2.24) is 9.97 Å². The van der Waals surface area contributed by atoms with Crippen molar-refractivity contribution in [3.63, 3.8) is 0 Å². The van der Waals surface area contributed by atoms with E-state index in [2.05, 4.69) is 25.9 Å². The van der Waals surface area contributed by atoms with E-state index in [9.17, 15) is 0 Å². The fraction of sp³-hybridized carbons (Fsp3) is 0. The zero-order chi connectivity index (χ0) is 7.84. The maximum atomic E-state index is 5.31. The molecule has 0 unspecified atom stereocenters. The summed E-state index contributed by atoms with van der Waals surface area (Å²) in [6.45, 7) is 0. The molecule has 2 N–H and O–H groups in total. The molecule has 0 spiro atoms. The Hall–Kier alpha value is -1.10. The summed E-state index contributed by atoms with van der Waals surface area (Å²) in [5, 5.41) is 0. The van der Waals surface area contributed by atoms with Gasteiger partial charge in [-0.05, 0) is 15.9 Å². The topological polar surface area (TPSA) is 64.9 Å². The molecule has 5 heteroatoms. The predicted molar refractivity (Wildman–Crippen MR) is 43.9 cm³/mol. The van der Waals surface area contributed by atoms with Crippen LogP contribution in [0.4, 0.5) is 6.01 Å². The Bertz CT molecular complexity index is 398. The quantitative estimate of drug-likeness (QED) is 0.722. The number of nitrogens with two attached hydrogens (primary N) is 1. The minimum atomic E-state index is 0.144. The summed E-state index contributed by atoms with van der Waals surface area (Å²) in [5.41, 5.74) is 6.43. The minimum absolute atomic E-state index is 0.144. The Balaban J connectivity index is 2.82. The van der Waals surface area contributed by atoms with Crippen molar-refractivity contribution >= 4 is 33.2 Å². The Morgan fingerprint density at radius 2 is 2.36 bits per heavy atom. The highest BCUT2D eigenvalue weighted by molar-refractivity contribution is 9.10. The van der Waals surface area contributed by atoms with Gasteiger partial charge in [0.15, 0.2) is 5.58 Å². The highest BCUT2D eigenvalue weighted by atomic mass is 79.9. The van der Waals surface area contributed by atoms with Crippen LogP contribution in [0, 0.1) is 0 Å². The van der Waals surface area contributed by atoms with E-state index in [1.165, 1.54) is 0 Å². The van der Waals surface area contributed by atoms with Crippen LogP contribution in [-0.2, 0) is 0 Å². The molecule has 0 aliphatic carbocycles. The van der Waals surface area contributed by atoms with Gasteiger partial charge < -0.3 is 10.2 Å². The molecule has 11 heavy (non-hydrogen) atoms. The normalized spacial score (nSPS) is 10.6. The molecule has 0 aromatic carbocycles. The number of pyridine rings is 1. The predicted octanol–water partition coefficient (Wildman–Crippen LogP) is 1.57. The molecule has 4 nitrogen and oxygen atoms in total. The number of halogens is 1. The van der Waals surface area contributed by atoms with Crippen LogP contribution in [0.3, 0.4) is 0 Å². The lowest BCUT2D eigenvalue weighted by Crippen LogP contribution is -1.81. The van der Waals surface area contributed by atoms with E-state index < -0.39 is 0 Å². The maximum Gasteiger partial charge on any atom is 0.294 e. The number of fused-ring (bicyclic) bond motifs is 1. The summed E-state index contributed by atoms with van der Waals surface area (Å²) < 4.78 is 5.87. The van der Waals surface area contributed by atoms with Crippen molar-refractivity contribution in [2.75, 3.05) is 5.73 Å². The second-order valence-corrected chi connectivity index (χ2v) is 2.94. The van der Waals surface area contributed by atoms with Crippen LogP contribution in [0.1, 0.15) is 0 Å². The zero-order valence-corrected chi connectivity index (χ0v) is 7.00. The average molecular weight is 214 g/mol. The van der Waals surface area contributed by atoms with Gasteiger partial charge in [0.2, 0.25) is 5.65 Å². The molecule has 2 heterocycles. The van der Waals surface area contributed by atoms with Gasteiger partial charge in [-0.3, -0.25) is 0 Å². The summed E-state index contributed by atoms with van der Waals surface area (Å²) in [5.74, 6) is 0. The van der Waals surface area contributed by atoms with E-state index in [4.69, 9.17) is 10.2 Å². The monoisotopic (exact) mass is 213 g/mol. The fourth-order valence-electron chi connectivity index (χ4n) is 0.812. The van der Waals surface area contributed by atoms with Crippen molar-refractivity contribution in [1.29, 1.82) is 0 Å². The van der Waals surface area contributed by atoms with E-state index in [0.717, 1.165) is 4.47 Å². The molecule has 2 aromatic heterocycles. The highest BCUT2D eigenvalue weighted by Gasteiger charge is 2.02. The van der Waals surface area contributed by atoms with Gasteiger partial charge in [-0.1, -0.05) is 0 Å².